The number of esters is 1. The summed E-state index contributed by atoms with van der Waals surface area (Å²) in [6, 6.07) is 16.4. The molecule has 31 heavy (non-hydrogen) atoms. The van der Waals surface area contributed by atoms with Gasteiger partial charge in [-0.2, -0.15) is 0 Å². The lowest BCUT2D eigenvalue weighted by Crippen LogP contribution is -2.43. The number of rotatable bonds is 9. The van der Waals surface area contributed by atoms with Crippen LogP contribution in [0.1, 0.15) is 39.0 Å². The molecule has 2 aromatic carbocycles. The number of ketones is 1. The van der Waals surface area contributed by atoms with Crippen LogP contribution in [0.15, 0.2) is 71.3 Å². The van der Waals surface area contributed by atoms with Crippen LogP contribution in [0.25, 0.3) is 0 Å². The Morgan fingerprint density at radius 1 is 1.03 bits per heavy atom. The number of hydrogen-bond donors (Lipinski definition) is 1. The average molecular weight is 421 g/mol. The van der Waals surface area contributed by atoms with E-state index in [1.54, 1.807) is 24.3 Å². The summed E-state index contributed by atoms with van der Waals surface area (Å²) < 4.78 is 15.9. The van der Waals surface area contributed by atoms with Crippen LogP contribution in [-0.4, -0.2) is 30.8 Å². The minimum atomic E-state index is -0.929. The fourth-order valence-corrected chi connectivity index (χ4v) is 3.04. The van der Waals surface area contributed by atoms with Gasteiger partial charge >= 0.3 is 5.97 Å². The van der Waals surface area contributed by atoms with Crippen LogP contribution in [0, 0.1) is 0 Å². The number of hydrogen-bond acceptors (Lipinski definition) is 6. The number of furan rings is 1. The van der Waals surface area contributed by atoms with Crippen molar-refractivity contribution >= 4 is 17.7 Å². The van der Waals surface area contributed by atoms with E-state index in [1.807, 2.05) is 30.3 Å². The van der Waals surface area contributed by atoms with E-state index in [4.69, 9.17) is 13.9 Å². The summed E-state index contributed by atoms with van der Waals surface area (Å²) in [5.41, 5.74) is 1.90. The predicted molar refractivity (Wildman–Crippen MR) is 113 cm³/mol. The zero-order chi connectivity index (χ0) is 22.2. The van der Waals surface area contributed by atoms with Crippen molar-refractivity contribution in [2.45, 2.75) is 26.0 Å². The third-order valence-electron chi connectivity index (χ3n) is 4.67. The number of carbonyl (C=O) groups excluding carboxylic acids is 3. The topological polar surface area (TPSA) is 94.8 Å². The Balaban J connectivity index is 1.75. The highest BCUT2D eigenvalue weighted by Crippen LogP contribution is 2.21. The molecular formula is C24H23NO6. The van der Waals surface area contributed by atoms with Crippen molar-refractivity contribution in [2.24, 2.45) is 0 Å². The molecule has 0 unspecified atom stereocenters. The van der Waals surface area contributed by atoms with Crippen LogP contribution in [0.4, 0.5) is 0 Å². The molecule has 0 spiro atoms. The number of nitrogens with one attached hydrogen (secondary N) is 1. The highest BCUT2D eigenvalue weighted by molar-refractivity contribution is 5.95. The van der Waals surface area contributed by atoms with Crippen molar-refractivity contribution in [3.8, 4) is 5.75 Å². The van der Waals surface area contributed by atoms with E-state index in [-0.39, 0.29) is 24.6 Å². The molecule has 1 N–H and O–H groups in total. The minimum Gasteiger partial charge on any atom is -0.496 e. The lowest BCUT2D eigenvalue weighted by atomic mass is 10.1. The van der Waals surface area contributed by atoms with Gasteiger partial charge in [-0.25, -0.2) is 4.79 Å². The van der Waals surface area contributed by atoms with Crippen LogP contribution in [0.3, 0.4) is 0 Å². The smallest absolute Gasteiger partial charge is 0.329 e. The summed E-state index contributed by atoms with van der Waals surface area (Å²) in [5, 5.41) is 2.67. The van der Waals surface area contributed by atoms with Crippen molar-refractivity contribution in [1.82, 2.24) is 5.32 Å². The van der Waals surface area contributed by atoms with Gasteiger partial charge in [0.15, 0.2) is 11.5 Å². The van der Waals surface area contributed by atoms with Crippen molar-refractivity contribution in [3.05, 3.63) is 89.4 Å². The SMILES string of the molecule is COc1ccc(C(C)=O)cc1COC(=O)[C@@H](Cc1ccccc1)NC(=O)c1ccco1. The Hall–Kier alpha value is -3.87. The van der Waals surface area contributed by atoms with Crippen LogP contribution in [0.5, 0.6) is 5.75 Å². The molecule has 0 saturated carbocycles. The van der Waals surface area contributed by atoms with Crippen LogP contribution in [0.2, 0.25) is 0 Å². The third kappa shape index (κ3) is 5.82. The Morgan fingerprint density at radius 2 is 1.81 bits per heavy atom. The van der Waals surface area contributed by atoms with Gasteiger partial charge in [-0.15, -0.1) is 0 Å². The first-order chi connectivity index (χ1) is 15.0. The molecule has 0 aliphatic carbocycles. The first-order valence-corrected chi connectivity index (χ1v) is 9.70. The molecule has 1 amide bonds. The predicted octanol–water partition coefficient (Wildman–Crippen LogP) is 3.58. The van der Waals surface area contributed by atoms with Gasteiger partial charge in [-0.1, -0.05) is 30.3 Å². The Bertz CT molecular complexity index is 1040. The van der Waals surface area contributed by atoms with Gasteiger partial charge in [-0.3, -0.25) is 9.59 Å². The zero-order valence-electron chi connectivity index (χ0n) is 17.3. The van der Waals surface area contributed by atoms with Gasteiger partial charge in [0.2, 0.25) is 0 Å². The molecule has 3 rings (SSSR count). The molecule has 0 bridgehead atoms. The fraction of sp³-hybridized carbons (Fsp3) is 0.208. The molecule has 0 aliphatic rings. The van der Waals surface area contributed by atoms with Gasteiger partial charge in [0.25, 0.3) is 5.91 Å². The first kappa shape index (κ1) is 21.8. The molecule has 3 aromatic rings. The first-order valence-electron chi connectivity index (χ1n) is 9.70. The summed E-state index contributed by atoms with van der Waals surface area (Å²) in [7, 11) is 1.50. The van der Waals surface area contributed by atoms with Crippen LogP contribution < -0.4 is 10.1 Å². The number of amides is 1. The maximum atomic E-state index is 12.9. The molecule has 1 atom stereocenters. The van der Waals surface area contributed by atoms with Crippen LogP contribution >= 0.6 is 0 Å². The summed E-state index contributed by atoms with van der Waals surface area (Å²) in [5.74, 6) is -0.639. The van der Waals surface area contributed by atoms with Crippen LogP contribution in [-0.2, 0) is 22.6 Å². The molecule has 0 saturated heterocycles. The summed E-state index contributed by atoms with van der Waals surface area (Å²) in [6.07, 6.45) is 1.63. The molecule has 7 nitrogen and oxygen atoms in total. The molecule has 0 fully saturated rings. The van der Waals surface area contributed by atoms with E-state index < -0.39 is 17.9 Å². The quantitative estimate of drug-likeness (QED) is 0.419. The van der Waals surface area contributed by atoms with E-state index in [0.29, 0.717) is 16.9 Å². The van der Waals surface area contributed by atoms with Crippen molar-refractivity contribution in [3.63, 3.8) is 0 Å². The Morgan fingerprint density at radius 3 is 2.45 bits per heavy atom. The highest BCUT2D eigenvalue weighted by atomic mass is 16.5. The summed E-state index contributed by atoms with van der Waals surface area (Å²) in [4.78, 5) is 37.0. The van der Waals surface area contributed by atoms with Crippen molar-refractivity contribution in [1.29, 1.82) is 0 Å². The monoisotopic (exact) mass is 421 g/mol. The Labute approximate surface area is 180 Å². The van der Waals surface area contributed by atoms with Gasteiger partial charge < -0.3 is 19.2 Å². The largest absolute Gasteiger partial charge is 0.496 e. The fourth-order valence-electron chi connectivity index (χ4n) is 3.04. The van der Waals surface area contributed by atoms with Gasteiger partial charge in [0.05, 0.1) is 13.4 Å². The van der Waals surface area contributed by atoms with E-state index in [2.05, 4.69) is 5.32 Å². The van der Waals surface area contributed by atoms with E-state index in [0.717, 1.165) is 5.56 Å². The zero-order valence-corrected chi connectivity index (χ0v) is 17.3. The molecular weight excluding hydrogens is 398 g/mol. The number of Topliss-reactive ketones (excluding diaryl/α,β-unsaturated/α-hetero) is 1. The summed E-state index contributed by atoms with van der Waals surface area (Å²) >= 11 is 0. The molecule has 1 aromatic heterocycles. The standard InChI is InChI=1S/C24H23NO6/c1-16(26)18-10-11-21(29-2)19(14-18)15-31-24(28)20(13-17-7-4-3-5-8-17)25-23(27)22-9-6-12-30-22/h3-12,14,20H,13,15H2,1-2H3,(H,25,27)/t20-/m1/s1. The molecule has 0 radical (unpaired) electrons. The summed E-state index contributed by atoms with van der Waals surface area (Å²) in [6.45, 7) is 1.35. The van der Waals surface area contributed by atoms with E-state index in [9.17, 15) is 14.4 Å². The molecule has 1 heterocycles. The second-order valence-electron chi connectivity index (χ2n) is 6.88. The number of ether oxygens (including phenoxy) is 2. The van der Waals surface area contributed by atoms with Gasteiger partial charge in [-0.05, 0) is 42.8 Å². The normalized spacial score (nSPS) is 11.4. The number of benzene rings is 2. The highest BCUT2D eigenvalue weighted by Gasteiger charge is 2.25. The lowest BCUT2D eigenvalue weighted by molar-refractivity contribution is -0.147. The van der Waals surface area contributed by atoms with E-state index in [1.165, 1.54) is 26.4 Å². The third-order valence-corrected chi connectivity index (χ3v) is 4.67. The van der Waals surface area contributed by atoms with Gasteiger partial charge in [0.1, 0.15) is 18.4 Å². The molecule has 0 aliphatic heterocycles. The molecule has 7 heteroatoms. The van der Waals surface area contributed by atoms with E-state index >= 15 is 0 Å². The van der Waals surface area contributed by atoms with Crippen molar-refractivity contribution < 1.29 is 28.3 Å². The maximum absolute atomic E-state index is 12.9. The average Bonchev–Trinajstić information content (AvgIpc) is 3.32. The second-order valence-corrected chi connectivity index (χ2v) is 6.88. The number of carbonyl (C=O) groups is 3. The van der Waals surface area contributed by atoms with Crippen molar-refractivity contribution in [2.75, 3.05) is 7.11 Å². The second kappa shape index (κ2) is 10.2. The Kier molecular flexibility index (Phi) is 7.22. The molecule has 160 valence electrons. The lowest BCUT2D eigenvalue weighted by Gasteiger charge is -2.18. The minimum absolute atomic E-state index is 0.0988. The number of methoxy groups -OCH3 is 1. The maximum Gasteiger partial charge on any atom is 0.329 e. The van der Waals surface area contributed by atoms with Gasteiger partial charge in [0, 0.05) is 17.5 Å².